The molecular formula is C20H23N3O4. The molecule has 27 heavy (non-hydrogen) atoms. The number of piperidine rings is 1. The summed E-state index contributed by atoms with van der Waals surface area (Å²) >= 11 is 0. The van der Waals surface area contributed by atoms with E-state index in [9.17, 15) is 9.59 Å². The molecule has 1 saturated carbocycles. The lowest BCUT2D eigenvalue weighted by Crippen LogP contribution is -2.42. The van der Waals surface area contributed by atoms with E-state index < -0.39 is 0 Å². The number of hydrogen-bond acceptors (Lipinski definition) is 5. The standard InChI is InChI=1S/C20H23N3O4/c24-19(21-13-16-8-11-26-22-16)15-2-1-3-18(12-15)27-17-6-9-23(10-7-17)20(25)14-4-5-14/h1-3,8,11-12,14,17H,4-7,9-10,13H2,(H,21,24). The van der Waals surface area contributed by atoms with Crippen molar-refractivity contribution >= 4 is 11.8 Å². The molecule has 1 aliphatic carbocycles. The first kappa shape index (κ1) is 17.6. The van der Waals surface area contributed by atoms with Crippen LogP contribution in [-0.2, 0) is 11.3 Å². The largest absolute Gasteiger partial charge is 0.490 e. The lowest BCUT2D eigenvalue weighted by atomic mass is 10.1. The van der Waals surface area contributed by atoms with Gasteiger partial charge in [0.1, 0.15) is 23.8 Å². The van der Waals surface area contributed by atoms with Gasteiger partial charge in [0.15, 0.2) is 0 Å². The van der Waals surface area contributed by atoms with Gasteiger partial charge in [-0.15, -0.1) is 0 Å². The van der Waals surface area contributed by atoms with E-state index in [0.29, 0.717) is 29.5 Å². The Morgan fingerprint density at radius 2 is 2.00 bits per heavy atom. The molecule has 2 aliphatic rings. The van der Waals surface area contributed by atoms with E-state index in [0.717, 1.165) is 38.8 Å². The zero-order valence-electron chi connectivity index (χ0n) is 15.1. The first-order valence-electron chi connectivity index (χ1n) is 9.42. The highest BCUT2D eigenvalue weighted by atomic mass is 16.5. The summed E-state index contributed by atoms with van der Waals surface area (Å²) in [5.74, 6) is 1.07. The fourth-order valence-electron chi connectivity index (χ4n) is 3.29. The van der Waals surface area contributed by atoms with Gasteiger partial charge >= 0.3 is 0 Å². The van der Waals surface area contributed by atoms with Crippen molar-refractivity contribution in [2.45, 2.75) is 38.3 Å². The zero-order valence-corrected chi connectivity index (χ0v) is 15.1. The van der Waals surface area contributed by atoms with E-state index in [2.05, 4.69) is 10.5 Å². The topological polar surface area (TPSA) is 84.7 Å². The highest BCUT2D eigenvalue weighted by Gasteiger charge is 2.35. The Kier molecular flexibility index (Phi) is 5.09. The monoisotopic (exact) mass is 369 g/mol. The van der Waals surface area contributed by atoms with Gasteiger partial charge < -0.3 is 19.5 Å². The van der Waals surface area contributed by atoms with Gasteiger partial charge in [0.05, 0.1) is 6.54 Å². The highest BCUT2D eigenvalue weighted by Crippen LogP contribution is 2.32. The molecule has 2 amide bonds. The lowest BCUT2D eigenvalue weighted by Gasteiger charge is -2.32. The molecule has 1 aliphatic heterocycles. The quantitative estimate of drug-likeness (QED) is 0.845. The molecule has 0 atom stereocenters. The maximum Gasteiger partial charge on any atom is 0.251 e. The molecule has 1 aromatic heterocycles. The fourth-order valence-corrected chi connectivity index (χ4v) is 3.29. The van der Waals surface area contributed by atoms with Gasteiger partial charge in [-0.05, 0) is 31.0 Å². The van der Waals surface area contributed by atoms with Gasteiger partial charge in [0.2, 0.25) is 5.91 Å². The number of aromatic nitrogens is 1. The van der Waals surface area contributed by atoms with Crippen LogP contribution in [-0.4, -0.2) is 41.1 Å². The van der Waals surface area contributed by atoms with Gasteiger partial charge in [-0.25, -0.2) is 0 Å². The summed E-state index contributed by atoms with van der Waals surface area (Å²) < 4.78 is 10.8. The third-order valence-corrected chi connectivity index (χ3v) is 5.00. The molecule has 0 bridgehead atoms. The van der Waals surface area contributed by atoms with E-state index in [-0.39, 0.29) is 17.9 Å². The number of nitrogens with zero attached hydrogens (tertiary/aromatic N) is 2. The second-order valence-electron chi connectivity index (χ2n) is 7.12. The van der Waals surface area contributed by atoms with Crippen LogP contribution in [0.5, 0.6) is 5.75 Å². The first-order valence-corrected chi connectivity index (χ1v) is 9.42. The molecule has 0 radical (unpaired) electrons. The van der Waals surface area contributed by atoms with Gasteiger partial charge in [0.25, 0.3) is 5.91 Å². The van der Waals surface area contributed by atoms with Crippen LogP contribution >= 0.6 is 0 Å². The van der Waals surface area contributed by atoms with Gasteiger partial charge in [-0.1, -0.05) is 11.2 Å². The molecule has 1 N–H and O–H groups in total. The predicted octanol–water partition coefficient (Wildman–Crippen LogP) is 2.38. The molecule has 0 spiro atoms. The molecule has 2 fully saturated rings. The van der Waals surface area contributed by atoms with E-state index in [1.165, 1.54) is 6.26 Å². The van der Waals surface area contributed by atoms with Crippen molar-refractivity contribution in [2.75, 3.05) is 13.1 Å². The number of amides is 2. The average molecular weight is 369 g/mol. The number of nitrogens with one attached hydrogen (secondary N) is 1. The van der Waals surface area contributed by atoms with Crippen LogP contribution in [0.2, 0.25) is 0 Å². The summed E-state index contributed by atoms with van der Waals surface area (Å²) in [6.45, 7) is 1.81. The van der Waals surface area contributed by atoms with Crippen LogP contribution in [0, 0.1) is 5.92 Å². The Hall–Kier alpha value is -2.83. The normalized spacial score (nSPS) is 17.6. The molecule has 2 aromatic rings. The van der Waals surface area contributed by atoms with Crippen LogP contribution in [0.3, 0.4) is 0 Å². The van der Waals surface area contributed by atoms with Crippen molar-refractivity contribution in [3.63, 3.8) is 0 Å². The van der Waals surface area contributed by atoms with Crippen LogP contribution in [0.25, 0.3) is 0 Å². The van der Waals surface area contributed by atoms with Crippen LogP contribution in [0.1, 0.15) is 41.7 Å². The number of ether oxygens (including phenoxy) is 1. The molecular weight excluding hydrogens is 346 g/mol. The maximum absolute atomic E-state index is 12.3. The number of likely N-dealkylation sites (tertiary alicyclic amines) is 1. The van der Waals surface area contributed by atoms with Crippen molar-refractivity contribution in [3.05, 3.63) is 47.9 Å². The predicted molar refractivity (Wildman–Crippen MR) is 97.1 cm³/mol. The van der Waals surface area contributed by atoms with Crippen molar-refractivity contribution in [1.29, 1.82) is 0 Å². The van der Waals surface area contributed by atoms with Crippen molar-refractivity contribution in [2.24, 2.45) is 5.92 Å². The van der Waals surface area contributed by atoms with Gasteiger partial charge in [0, 0.05) is 43.5 Å². The van der Waals surface area contributed by atoms with Crippen LogP contribution in [0.15, 0.2) is 41.1 Å². The second-order valence-corrected chi connectivity index (χ2v) is 7.12. The molecule has 7 heteroatoms. The van der Waals surface area contributed by atoms with Crippen molar-refractivity contribution in [1.82, 2.24) is 15.4 Å². The Bertz CT molecular complexity index is 793. The summed E-state index contributed by atoms with van der Waals surface area (Å²) in [5, 5.41) is 6.57. The number of benzene rings is 1. The van der Waals surface area contributed by atoms with Crippen LogP contribution < -0.4 is 10.1 Å². The smallest absolute Gasteiger partial charge is 0.251 e. The first-order chi connectivity index (χ1) is 13.2. The molecule has 1 aromatic carbocycles. The molecule has 7 nitrogen and oxygen atoms in total. The maximum atomic E-state index is 12.3. The summed E-state index contributed by atoms with van der Waals surface area (Å²) in [5.41, 5.74) is 1.21. The summed E-state index contributed by atoms with van der Waals surface area (Å²) in [4.78, 5) is 26.4. The van der Waals surface area contributed by atoms with Gasteiger partial charge in [-0.2, -0.15) is 0 Å². The Morgan fingerprint density at radius 3 is 2.70 bits per heavy atom. The average Bonchev–Trinajstić information content (AvgIpc) is 3.42. The lowest BCUT2D eigenvalue weighted by molar-refractivity contribution is -0.134. The highest BCUT2D eigenvalue weighted by molar-refractivity contribution is 5.94. The van der Waals surface area contributed by atoms with E-state index in [1.807, 2.05) is 17.0 Å². The van der Waals surface area contributed by atoms with Crippen molar-refractivity contribution < 1.29 is 18.8 Å². The summed E-state index contributed by atoms with van der Waals surface area (Å²) in [7, 11) is 0. The minimum atomic E-state index is -0.187. The third-order valence-electron chi connectivity index (χ3n) is 5.00. The summed E-state index contributed by atoms with van der Waals surface area (Å²) in [6.07, 6.45) is 5.27. The third kappa shape index (κ3) is 4.48. The van der Waals surface area contributed by atoms with E-state index >= 15 is 0 Å². The Balaban J connectivity index is 1.29. The molecule has 142 valence electrons. The Labute approximate surface area is 157 Å². The van der Waals surface area contributed by atoms with Gasteiger partial charge in [-0.3, -0.25) is 9.59 Å². The molecule has 4 rings (SSSR count). The SMILES string of the molecule is O=C(NCc1ccon1)c1cccc(OC2CCN(C(=O)C3CC3)CC2)c1. The minimum Gasteiger partial charge on any atom is -0.490 e. The number of carbonyl (C=O) groups is 2. The molecule has 0 unspecified atom stereocenters. The number of hydrogen-bond donors (Lipinski definition) is 1. The van der Waals surface area contributed by atoms with E-state index in [4.69, 9.17) is 9.26 Å². The van der Waals surface area contributed by atoms with E-state index in [1.54, 1.807) is 18.2 Å². The summed E-state index contributed by atoms with van der Waals surface area (Å²) in [6, 6.07) is 8.88. The fraction of sp³-hybridized carbons (Fsp3) is 0.450. The number of rotatable bonds is 6. The Morgan fingerprint density at radius 1 is 1.19 bits per heavy atom. The van der Waals surface area contributed by atoms with Crippen LogP contribution in [0.4, 0.5) is 0 Å². The second kappa shape index (κ2) is 7.82. The zero-order chi connectivity index (χ0) is 18.6. The molecule has 2 heterocycles. The minimum absolute atomic E-state index is 0.0710. The number of carbonyl (C=O) groups excluding carboxylic acids is 2. The van der Waals surface area contributed by atoms with Crippen molar-refractivity contribution in [3.8, 4) is 5.75 Å². The molecule has 1 saturated heterocycles.